The Bertz CT molecular complexity index is 1760. The molecule has 0 saturated carbocycles. The van der Waals surface area contributed by atoms with E-state index in [4.69, 9.17) is 27.9 Å². The van der Waals surface area contributed by atoms with Gasteiger partial charge in [-0.3, -0.25) is 23.7 Å². The summed E-state index contributed by atoms with van der Waals surface area (Å²) in [6, 6.07) is 20.7. The molecule has 3 amide bonds. The van der Waals surface area contributed by atoms with E-state index >= 15 is 0 Å². The Morgan fingerprint density at radius 2 is 1.68 bits per heavy atom. The normalized spacial score (nSPS) is 19.6. The summed E-state index contributed by atoms with van der Waals surface area (Å²) in [4.78, 5) is 55.6. The average molecular weight is 627 g/mol. The first kappa shape index (κ1) is 27.6. The molecule has 0 radical (unpaired) electrons. The number of fused-ring (bicyclic) bond motifs is 2. The molecule has 208 valence electrons. The number of imide groups is 1. The molecule has 1 saturated heterocycles. The molecular formula is C29H21Cl2N3O5S2. The molecule has 8 nitrogen and oxygen atoms in total. The van der Waals surface area contributed by atoms with Crippen molar-refractivity contribution < 1.29 is 19.1 Å². The predicted octanol–water partition coefficient (Wildman–Crippen LogP) is 5.66. The van der Waals surface area contributed by atoms with Crippen molar-refractivity contribution in [1.82, 2.24) is 4.57 Å². The highest BCUT2D eigenvalue weighted by Crippen LogP contribution is 2.55. The fourth-order valence-electron chi connectivity index (χ4n) is 5.26. The monoisotopic (exact) mass is 625 g/mol. The smallest absolute Gasteiger partial charge is 0.308 e. The Hall–Kier alpha value is -3.57. The van der Waals surface area contributed by atoms with Crippen molar-refractivity contribution in [3.63, 3.8) is 0 Å². The van der Waals surface area contributed by atoms with E-state index in [-0.39, 0.29) is 28.3 Å². The van der Waals surface area contributed by atoms with Crippen molar-refractivity contribution in [2.24, 2.45) is 5.92 Å². The van der Waals surface area contributed by atoms with Crippen LogP contribution in [0, 0.1) is 5.92 Å². The number of ether oxygens (including phenoxy) is 1. The van der Waals surface area contributed by atoms with Gasteiger partial charge in [0.1, 0.15) is 17.5 Å². The lowest BCUT2D eigenvalue weighted by Crippen LogP contribution is -2.33. The number of para-hydroxylation sites is 2. The minimum Gasteiger partial charge on any atom is -0.496 e. The van der Waals surface area contributed by atoms with Gasteiger partial charge in [0.2, 0.25) is 17.7 Å². The van der Waals surface area contributed by atoms with Crippen LogP contribution in [0.1, 0.15) is 16.4 Å². The topological polar surface area (TPSA) is 97.7 Å². The maximum absolute atomic E-state index is 14.0. The fraction of sp³-hybridized carbons (Fsp3) is 0.172. The van der Waals surface area contributed by atoms with Crippen LogP contribution in [0.3, 0.4) is 0 Å². The van der Waals surface area contributed by atoms with Gasteiger partial charge in [0, 0.05) is 22.0 Å². The van der Waals surface area contributed by atoms with E-state index in [1.807, 2.05) is 24.3 Å². The summed E-state index contributed by atoms with van der Waals surface area (Å²) < 4.78 is 7.00. The summed E-state index contributed by atoms with van der Waals surface area (Å²) in [5, 5.41) is 3.05. The first-order chi connectivity index (χ1) is 19.8. The standard InChI is InChI=1S/C29H21Cl2N3O5S2/c1-39-20-10-6-5-9-17(20)22-23-24(27(37)34(26(23)36)16-7-3-2-4-8-16)40-28-25(22)41-29(38)33(28)14-21(35)32-15-11-12-18(30)19(31)13-15/h2-13,22-24H,14H2,1H3,(H,32,35)/t22-,23?,24?/m1/s1. The Labute approximate surface area is 252 Å². The van der Waals surface area contributed by atoms with Crippen LogP contribution >= 0.6 is 46.3 Å². The summed E-state index contributed by atoms with van der Waals surface area (Å²) in [5.41, 5.74) is 1.60. The van der Waals surface area contributed by atoms with E-state index in [0.717, 1.165) is 23.1 Å². The van der Waals surface area contributed by atoms with Crippen LogP contribution in [0.5, 0.6) is 5.75 Å². The van der Waals surface area contributed by atoms with Crippen molar-refractivity contribution in [1.29, 1.82) is 0 Å². The van der Waals surface area contributed by atoms with Crippen molar-refractivity contribution in [3.8, 4) is 5.75 Å². The van der Waals surface area contributed by atoms with Crippen molar-refractivity contribution in [2.75, 3.05) is 17.3 Å². The van der Waals surface area contributed by atoms with Crippen LogP contribution in [0.25, 0.3) is 0 Å². The SMILES string of the molecule is COc1ccccc1[C@H]1c2sc(=O)n(CC(=O)Nc3ccc(Cl)c(Cl)c3)c2SC2C(=O)N(c3ccccc3)C(=O)C21. The van der Waals surface area contributed by atoms with Crippen LogP contribution < -0.4 is 19.8 Å². The van der Waals surface area contributed by atoms with Crippen molar-refractivity contribution >= 4 is 75.4 Å². The van der Waals surface area contributed by atoms with Gasteiger partial charge in [-0.15, -0.1) is 0 Å². The average Bonchev–Trinajstić information content (AvgIpc) is 3.41. The highest BCUT2D eigenvalue weighted by atomic mass is 35.5. The van der Waals surface area contributed by atoms with Crippen LogP contribution in [0.2, 0.25) is 10.0 Å². The van der Waals surface area contributed by atoms with Gasteiger partial charge in [-0.1, -0.05) is 82.7 Å². The molecule has 0 bridgehead atoms. The van der Waals surface area contributed by atoms with Gasteiger partial charge in [0.25, 0.3) is 0 Å². The third-order valence-electron chi connectivity index (χ3n) is 7.04. The largest absolute Gasteiger partial charge is 0.496 e. The predicted molar refractivity (Wildman–Crippen MR) is 161 cm³/mol. The third kappa shape index (κ3) is 4.84. The molecule has 4 aromatic rings. The number of anilines is 2. The number of nitrogens with zero attached hydrogens (tertiary/aromatic N) is 2. The molecule has 12 heteroatoms. The third-order valence-corrected chi connectivity index (χ3v) is 10.4. The minimum atomic E-state index is -0.802. The second-order valence-corrected chi connectivity index (χ2v) is 12.4. The number of hydrogen-bond donors (Lipinski definition) is 1. The molecule has 1 N–H and O–H groups in total. The molecule has 3 atom stereocenters. The molecular weight excluding hydrogens is 605 g/mol. The zero-order valence-corrected chi connectivity index (χ0v) is 24.5. The Morgan fingerprint density at radius 3 is 2.41 bits per heavy atom. The van der Waals surface area contributed by atoms with Gasteiger partial charge < -0.3 is 10.1 Å². The van der Waals surface area contributed by atoms with Gasteiger partial charge in [0.15, 0.2) is 0 Å². The zero-order valence-electron chi connectivity index (χ0n) is 21.4. The van der Waals surface area contributed by atoms with Gasteiger partial charge >= 0.3 is 4.87 Å². The molecule has 0 aliphatic carbocycles. The van der Waals surface area contributed by atoms with Crippen molar-refractivity contribution in [3.05, 3.63) is 103 Å². The number of methoxy groups -OCH3 is 1. The van der Waals surface area contributed by atoms with E-state index in [2.05, 4.69) is 5.32 Å². The van der Waals surface area contributed by atoms with E-state index in [1.54, 1.807) is 42.5 Å². The summed E-state index contributed by atoms with van der Waals surface area (Å²) >= 11 is 14.2. The number of aromatic nitrogens is 1. The maximum Gasteiger partial charge on any atom is 0.308 e. The minimum absolute atomic E-state index is 0.281. The lowest BCUT2D eigenvalue weighted by atomic mass is 9.82. The number of carbonyl (C=O) groups is 3. The number of thioether (sulfide) groups is 1. The Balaban J connectivity index is 1.42. The summed E-state index contributed by atoms with van der Waals surface area (Å²) in [7, 11) is 1.54. The summed E-state index contributed by atoms with van der Waals surface area (Å²) in [5.74, 6) is -2.03. The molecule has 2 aliphatic rings. The number of amides is 3. The summed E-state index contributed by atoms with van der Waals surface area (Å²) in [6.07, 6.45) is 0. The number of benzene rings is 3. The Morgan fingerprint density at radius 1 is 0.951 bits per heavy atom. The van der Waals surface area contributed by atoms with E-state index in [9.17, 15) is 19.2 Å². The van der Waals surface area contributed by atoms with Gasteiger partial charge in [-0.2, -0.15) is 0 Å². The molecule has 2 aliphatic heterocycles. The molecule has 0 spiro atoms. The molecule has 1 aromatic heterocycles. The quantitative estimate of drug-likeness (QED) is 0.278. The second kappa shape index (κ2) is 11.0. The zero-order chi connectivity index (χ0) is 28.8. The van der Waals surface area contributed by atoms with Gasteiger partial charge in [-0.25, -0.2) is 4.90 Å². The molecule has 3 aromatic carbocycles. The van der Waals surface area contributed by atoms with Crippen LogP contribution in [-0.4, -0.2) is 34.6 Å². The number of nitrogens with one attached hydrogen (secondary N) is 1. The molecule has 41 heavy (non-hydrogen) atoms. The van der Waals surface area contributed by atoms with Crippen LogP contribution in [0.15, 0.2) is 82.6 Å². The molecule has 1 fully saturated rings. The highest BCUT2D eigenvalue weighted by molar-refractivity contribution is 8.00. The lowest BCUT2D eigenvalue weighted by Gasteiger charge is -2.31. The highest BCUT2D eigenvalue weighted by Gasteiger charge is 2.57. The number of carbonyl (C=O) groups excluding carboxylic acids is 3. The van der Waals surface area contributed by atoms with Crippen LogP contribution in [0.4, 0.5) is 11.4 Å². The van der Waals surface area contributed by atoms with E-state index in [1.165, 1.54) is 22.6 Å². The molecule has 3 heterocycles. The summed E-state index contributed by atoms with van der Waals surface area (Å²) in [6.45, 7) is -0.293. The van der Waals surface area contributed by atoms with Crippen molar-refractivity contribution in [2.45, 2.75) is 22.7 Å². The second-order valence-electron chi connectivity index (χ2n) is 9.43. The van der Waals surface area contributed by atoms with Crippen LogP contribution in [-0.2, 0) is 20.9 Å². The number of hydrogen-bond acceptors (Lipinski definition) is 7. The first-order valence-corrected chi connectivity index (χ1v) is 14.9. The lowest BCUT2D eigenvalue weighted by molar-refractivity contribution is -0.122. The number of halogens is 2. The van der Waals surface area contributed by atoms with Gasteiger partial charge in [-0.05, 0) is 36.4 Å². The molecule has 6 rings (SSSR count). The molecule has 2 unspecified atom stereocenters. The van der Waals surface area contributed by atoms with E-state index in [0.29, 0.717) is 37.6 Å². The van der Waals surface area contributed by atoms with E-state index < -0.39 is 23.0 Å². The fourth-order valence-corrected chi connectivity index (χ4v) is 8.33. The first-order valence-electron chi connectivity index (χ1n) is 12.5. The van der Waals surface area contributed by atoms with Gasteiger partial charge in [0.05, 0.1) is 33.8 Å². The number of thiazole rings is 1. The Kier molecular flexibility index (Phi) is 7.41. The maximum atomic E-state index is 14.0. The number of rotatable bonds is 6.